The van der Waals surface area contributed by atoms with Crippen molar-refractivity contribution in [2.45, 2.75) is 109 Å². The minimum atomic E-state index is 0.0894. The van der Waals surface area contributed by atoms with Crippen molar-refractivity contribution in [2.24, 2.45) is 0 Å². The number of nitrogens with one attached hydrogen (secondary N) is 2. The number of ether oxygens (including phenoxy) is 4. The third-order valence-corrected chi connectivity index (χ3v) is 8.79. The predicted octanol–water partition coefficient (Wildman–Crippen LogP) is 8.87. The van der Waals surface area contributed by atoms with Gasteiger partial charge in [-0.1, -0.05) is 83.2 Å². The number of benzene rings is 2. The van der Waals surface area contributed by atoms with E-state index in [4.69, 9.17) is 23.9 Å². The summed E-state index contributed by atoms with van der Waals surface area (Å²) in [6.07, 6.45) is 9.52. The fourth-order valence-electron chi connectivity index (χ4n) is 5.00. The van der Waals surface area contributed by atoms with E-state index in [0.29, 0.717) is 39.0 Å². The molecule has 1 unspecified atom stereocenters. The molecule has 0 fully saturated rings. The van der Waals surface area contributed by atoms with Crippen molar-refractivity contribution in [1.82, 2.24) is 25.1 Å². The number of aromatic amines is 1. The first-order valence-electron chi connectivity index (χ1n) is 17.0. The fraction of sp³-hybridized carbons (Fsp3) is 0.556. The number of hydrogen-bond acceptors (Lipinski definition) is 8. The van der Waals surface area contributed by atoms with E-state index in [2.05, 4.69) is 68.3 Å². The Morgan fingerprint density at radius 2 is 1.50 bits per heavy atom. The lowest BCUT2D eigenvalue weighted by atomic mass is 10.1. The smallest absolute Gasteiger partial charge is 0.251 e. The Kier molecular flexibility index (Phi) is 14.4. The quantitative estimate of drug-likeness (QED) is 0.0643. The van der Waals surface area contributed by atoms with Crippen LogP contribution in [0.1, 0.15) is 102 Å². The minimum absolute atomic E-state index is 0.0894. The van der Waals surface area contributed by atoms with Crippen LogP contribution < -0.4 is 24.3 Å². The minimum Gasteiger partial charge on any atom is -0.492 e. The molecular formula is C36H53N5O4S. The third-order valence-electron chi connectivity index (χ3n) is 7.69. The topological polar surface area (TPSA) is 94.9 Å². The van der Waals surface area contributed by atoms with E-state index in [1.807, 2.05) is 25.1 Å². The van der Waals surface area contributed by atoms with Crippen LogP contribution in [0.15, 0.2) is 46.2 Å². The number of H-pyrrole nitrogens is 1. The molecule has 2 heterocycles. The molecule has 0 aliphatic heterocycles. The van der Waals surface area contributed by atoms with Gasteiger partial charge in [0.2, 0.25) is 0 Å². The Labute approximate surface area is 279 Å². The average Bonchev–Trinajstić information content (AvgIpc) is 3.59. The highest BCUT2D eigenvalue weighted by atomic mass is 32.2. The van der Waals surface area contributed by atoms with Crippen LogP contribution >= 0.6 is 11.8 Å². The van der Waals surface area contributed by atoms with Gasteiger partial charge in [-0.15, -0.1) is 9.73 Å². The molecule has 10 heteroatoms. The number of rotatable bonds is 22. The van der Waals surface area contributed by atoms with Crippen molar-refractivity contribution in [2.75, 3.05) is 33.1 Å². The Hall–Kier alpha value is -3.37. The van der Waals surface area contributed by atoms with E-state index in [-0.39, 0.29) is 5.92 Å². The van der Waals surface area contributed by atoms with Gasteiger partial charge in [-0.3, -0.25) is 10.4 Å². The second-order valence-electron chi connectivity index (χ2n) is 11.9. The number of aromatic nitrogens is 4. The van der Waals surface area contributed by atoms with Gasteiger partial charge in [0, 0.05) is 12.5 Å². The van der Waals surface area contributed by atoms with Crippen LogP contribution in [0, 0.1) is 13.8 Å². The second-order valence-corrected chi connectivity index (χ2v) is 12.9. The van der Waals surface area contributed by atoms with Gasteiger partial charge in [-0.05, 0) is 69.0 Å². The number of aryl methyl sites for hydroxylation is 2. The van der Waals surface area contributed by atoms with Gasteiger partial charge in [0.05, 0.1) is 24.7 Å². The van der Waals surface area contributed by atoms with Crippen molar-refractivity contribution in [3.8, 4) is 23.1 Å². The van der Waals surface area contributed by atoms with E-state index in [0.717, 1.165) is 63.3 Å². The van der Waals surface area contributed by atoms with Gasteiger partial charge in [0.15, 0.2) is 17.1 Å². The van der Waals surface area contributed by atoms with E-state index in [9.17, 15) is 0 Å². The number of fused-ring (bicyclic) bond motifs is 1. The first-order chi connectivity index (χ1) is 22.4. The highest BCUT2D eigenvalue weighted by Crippen LogP contribution is 2.42. The second kappa shape index (κ2) is 18.7. The van der Waals surface area contributed by atoms with Crippen LogP contribution in [-0.4, -0.2) is 52.9 Å². The van der Waals surface area contributed by atoms with Gasteiger partial charge in [0.25, 0.3) is 5.88 Å². The first-order valence-corrected chi connectivity index (χ1v) is 17.8. The SMILES string of the molecule is CCCCCCCCOc1ccc(C)cc1OCNCC(C)c1nc2c(Sc3cc(C)ccc3OCCCC)c(OCC)nn2[nH]1. The van der Waals surface area contributed by atoms with E-state index < -0.39 is 0 Å². The summed E-state index contributed by atoms with van der Waals surface area (Å²) in [7, 11) is 0. The molecule has 1 atom stereocenters. The zero-order valence-corrected chi connectivity index (χ0v) is 29.4. The summed E-state index contributed by atoms with van der Waals surface area (Å²) in [5.74, 6) is 3.91. The Bertz CT molecular complexity index is 1490. The highest BCUT2D eigenvalue weighted by molar-refractivity contribution is 7.99. The molecule has 0 radical (unpaired) electrons. The van der Waals surface area contributed by atoms with Crippen LogP contribution in [0.3, 0.4) is 0 Å². The summed E-state index contributed by atoms with van der Waals surface area (Å²) in [5, 5.41) is 11.5. The monoisotopic (exact) mass is 651 g/mol. The van der Waals surface area contributed by atoms with Gasteiger partial charge in [-0.2, -0.15) is 0 Å². The van der Waals surface area contributed by atoms with Crippen molar-refractivity contribution >= 4 is 17.4 Å². The van der Waals surface area contributed by atoms with Crippen molar-refractivity contribution < 1.29 is 18.9 Å². The summed E-state index contributed by atoms with van der Waals surface area (Å²) < 4.78 is 26.0. The zero-order valence-electron chi connectivity index (χ0n) is 28.6. The molecule has 0 saturated heterocycles. The largest absolute Gasteiger partial charge is 0.492 e. The maximum Gasteiger partial charge on any atom is 0.251 e. The lowest BCUT2D eigenvalue weighted by Gasteiger charge is -2.15. The van der Waals surface area contributed by atoms with Crippen LogP contribution in [-0.2, 0) is 0 Å². The van der Waals surface area contributed by atoms with Crippen molar-refractivity contribution in [3.63, 3.8) is 0 Å². The summed E-state index contributed by atoms with van der Waals surface area (Å²) in [6, 6.07) is 12.4. The third kappa shape index (κ3) is 10.3. The average molecular weight is 652 g/mol. The summed E-state index contributed by atoms with van der Waals surface area (Å²) in [5.41, 5.74) is 3.04. The highest BCUT2D eigenvalue weighted by Gasteiger charge is 2.22. The maximum atomic E-state index is 6.13. The molecule has 0 amide bonds. The molecule has 2 N–H and O–H groups in total. The number of unbranched alkanes of at least 4 members (excludes halogenated alkanes) is 6. The lowest BCUT2D eigenvalue weighted by molar-refractivity contribution is 0.246. The van der Waals surface area contributed by atoms with Crippen molar-refractivity contribution in [1.29, 1.82) is 0 Å². The molecule has 0 aliphatic carbocycles. The van der Waals surface area contributed by atoms with Crippen LogP contribution in [0.25, 0.3) is 5.65 Å². The lowest BCUT2D eigenvalue weighted by Crippen LogP contribution is -2.25. The van der Waals surface area contributed by atoms with E-state index in [1.165, 1.54) is 37.7 Å². The van der Waals surface area contributed by atoms with Crippen LogP contribution in [0.2, 0.25) is 0 Å². The molecule has 0 aliphatic rings. The predicted molar refractivity (Wildman–Crippen MR) is 186 cm³/mol. The maximum absolute atomic E-state index is 6.13. The molecule has 4 aromatic rings. The molecule has 4 rings (SSSR count). The molecule has 2 aromatic carbocycles. The molecule has 2 aromatic heterocycles. The van der Waals surface area contributed by atoms with Crippen LogP contribution in [0.4, 0.5) is 0 Å². The van der Waals surface area contributed by atoms with E-state index in [1.54, 1.807) is 16.4 Å². The van der Waals surface area contributed by atoms with Gasteiger partial charge < -0.3 is 18.9 Å². The van der Waals surface area contributed by atoms with E-state index >= 15 is 0 Å². The zero-order chi connectivity index (χ0) is 32.7. The first kappa shape index (κ1) is 35.5. The normalized spacial score (nSPS) is 12.0. The van der Waals surface area contributed by atoms with Crippen molar-refractivity contribution in [3.05, 3.63) is 53.3 Å². The molecule has 46 heavy (non-hydrogen) atoms. The molecular weight excluding hydrogens is 598 g/mol. The van der Waals surface area contributed by atoms with Gasteiger partial charge in [0.1, 0.15) is 23.2 Å². The molecule has 0 bridgehead atoms. The number of nitrogens with zero attached hydrogens (tertiary/aromatic N) is 3. The Balaban J connectivity index is 1.36. The standard InChI is InChI=1S/C36H53N5O4S/c1-7-10-12-13-14-15-21-43-29-18-16-26(4)22-31(29)45-25-37-24-28(6)34-38-35-33(36(42-9-3)40-41(35)39-34)46-32-23-27(5)17-19-30(32)44-20-11-8-2/h16-19,22-23,28,37H,7-15,20-21,24-25H2,1-6H3,(H,38,39). The van der Waals surface area contributed by atoms with Crippen LogP contribution in [0.5, 0.6) is 23.1 Å². The summed E-state index contributed by atoms with van der Waals surface area (Å²) in [4.78, 5) is 6.86. The fourth-order valence-corrected chi connectivity index (χ4v) is 6.11. The summed E-state index contributed by atoms with van der Waals surface area (Å²) >= 11 is 1.58. The molecule has 9 nitrogen and oxygen atoms in total. The Morgan fingerprint density at radius 3 is 2.28 bits per heavy atom. The number of hydrogen-bond donors (Lipinski definition) is 2. The van der Waals surface area contributed by atoms with Gasteiger partial charge in [-0.25, -0.2) is 4.98 Å². The molecule has 0 spiro atoms. The molecule has 0 saturated carbocycles. The molecule has 252 valence electrons. The van der Waals surface area contributed by atoms with Gasteiger partial charge >= 0.3 is 0 Å². The summed E-state index contributed by atoms with van der Waals surface area (Å²) in [6.45, 7) is 15.6. The Morgan fingerprint density at radius 1 is 0.804 bits per heavy atom.